The third kappa shape index (κ3) is 1.65. The molecule has 0 N–H and O–H groups in total. The zero-order valence-corrected chi connectivity index (χ0v) is 8.82. The highest BCUT2D eigenvalue weighted by Gasteiger charge is 2.00. The summed E-state index contributed by atoms with van der Waals surface area (Å²) in [7, 11) is 0. The van der Waals surface area contributed by atoms with E-state index < -0.39 is 0 Å². The van der Waals surface area contributed by atoms with Crippen molar-refractivity contribution < 1.29 is 0 Å². The average molecular weight is 237 g/mol. The van der Waals surface area contributed by atoms with Crippen LogP contribution in [0.5, 0.6) is 0 Å². The summed E-state index contributed by atoms with van der Waals surface area (Å²) in [5.74, 6) is 0. The van der Waals surface area contributed by atoms with Crippen molar-refractivity contribution in [1.82, 2.24) is 9.78 Å². The lowest BCUT2D eigenvalue weighted by Gasteiger charge is -2.05. The fourth-order valence-corrected chi connectivity index (χ4v) is 1.59. The van der Waals surface area contributed by atoms with Gasteiger partial charge in [-0.3, -0.25) is 0 Å². The van der Waals surface area contributed by atoms with Gasteiger partial charge >= 0.3 is 0 Å². The van der Waals surface area contributed by atoms with Crippen LogP contribution in [0.25, 0.3) is 5.69 Å². The maximum Gasteiger partial charge on any atom is 0.0685 e. The second kappa shape index (κ2) is 3.34. The van der Waals surface area contributed by atoms with Crippen LogP contribution in [0.4, 0.5) is 0 Å². The molecule has 0 atom stereocenters. The summed E-state index contributed by atoms with van der Waals surface area (Å²) in [5.41, 5.74) is 2.33. The second-order valence-electron chi connectivity index (χ2n) is 2.88. The van der Waals surface area contributed by atoms with Gasteiger partial charge in [-0.2, -0.15) is 5.10 Å². The molecule has 13 heavy (non-hydrogen) atoms. The van der Waals surface area contributed by atoms with Gasteiger partial charge in [0.2, 0.25) is 0 Å². The standard InChI is InChI=1S/C10H9BrN2/c1-8-3-4-9(11)7-10(8)13-6-2-5-12-13/h2-7H,1H3. The fraction of sp³-hybridized carbons (Fsp3) is 0.100. The molecule has 0 radical (unpaired) electrons. The first-order valence-corrected chi connectivity index (χ1v) is 4.83. The molecule has 2 rings (SSSR count). The quantitative estimate of drug-likeness (QED) is 0.745. The van der Waals surface area contributed by atoms with Gasteiger partial charge in [0.05, 0.1) is 5.69 Å². The smallest absolute Gasteiger partial charge is 0.0685 e. The van der Waals surface area contributed by atoms with E-state index >= 15 is 0 Å². The van der Waals surface area contributed by atoms with Gasteiger partial charge in [0.15, 0.2) is 0 Å². The monoisotopic (exact) mass is 236 g/mol. The SMILES string of the molecule is Cc1ccc(Br)cc1-n1cccn1. The number of hydrogen-bond donors (Lipinski definition) is 0. The molecule has 1 aromatic heterocycles. The third-order valence-electron chi connectivity index (χ3n) is 1.92. The maximum absolute atomic E-state index is 4.18. The van der Waals surface area contributed by atoms with Gasteiger partial charge in [0, 0.05) is 16.9 Å². The van der Waals surface area contributed by atoms with Crippen molar-refractivity contribution in [3.8, 4) is 5.69 Å². The first kappa shape index (κ1) is 8.51. The highest BCUT2D eigenvalue weighted by molar-refractivity contribution is 9.10. The van der Waals surface area contributed by atoms with Crippen LogP contribution in [-0.4, -0.2) is 9.78 Å². The maximum atomic E-state index is 4.18. The van der Waals surface area contributed by atoms with Crippen molar-refractivity contribution in [3.63, 3.8) is 0 Å². The van der Waals surface area contributed by atoms with Gasteiger partial charge in [-0.15, -0.1) is 0 Å². The summed E-state index contributed by atoms with van der Waals surface area (Å²) >= 11 is 3.44. The number of halogens is 1. The predicted molar refractivity (Wildman–Crippen MR) is 56.0 cm³/mol. The lowest BCUT2D eigenvalue weighted by molar-refractivity contribution is 0.872. The first-order chi connectivity index (χ1) is 6.27. The molecule has 0 fully saturated rings. The van der Waals surface area contributed by atoms with Gasteiger partial charge in [0.1, 0.15) is 0 Å². The van der Waals surface area contributed by atoms with Gasteiger partial charge < -0.3 is 0 Å². The molecular weight excluding hydrogens is 228 g/mol. The van der Waals surface area contributed by atoms with Crippen LogP contribution in [0.1, 0.15) is 5.56 Å². The molecule has 0 bridgehead atoms. The molecule has 0 saturated heterocycles. The van der Waals surface area contributed by atoms with Crippen LogP contribution in [0.2, 0.25) is 0 Å². The molecule has 3 heteroatoms. The number of nitrogens with zero attached hydrogens (tertiary/aromatic N) is 2. The van der Waals surface area contributed by atoms with Crippen molar-refractivity contribution in [2.24, 2.45) is 0 Å². The zero-order chi connectivity index (χ0) is 9.26. The summed E-state index contributed by atoms with van der Waals surface area (Å²) in [6.07, 6.45) is 3.72. The van der Waals surface area contributed by atoms with Crippen molar-refractivity contribution in [3.05, 3.63) is 46.7 Å². The van der Waals surface area contributed by atoms with E-state index in [0.29, 0.717) is 0 Å². The molecule has 0 aliphatic rings. The number of benzene rings is 1. The molecule has 1 aromatic carbocycles. The molecule has 2 aromatic rings. The first-order valence-electron chi connectivity index (χ1n) is 4.03. The summed E-state index contributed by atoms with van der Waals surface area (Å²) in [6.45, 7) is 2.07. The molecule has 0 saturated carbocycles. The third-order valence-corrected chi connectivity index (χ3v) is 2.42. The minimum atomic E-state index is 1.07. The minimum Gasteiger partial charge on any atom is -0.241 e. The highest BCUT2D eigenvalue weighted by atomic mass is 79.9. The Morgan fingerprint density at radius 1 is 1.38 bits per heavy atom. The molecule has 0 aliphatic heterocycles. The van der Waals surface area contributed by atoms with E-state index in [2.05, 4.69) is 40.1 Å². The Bertz CT molecular complexity index is 407. The molecule has 1 heterocycles. The normalized spacial score (nSPS) is 10.3. The summed E-state index contributed by atoms with van der Waals surface area (Å²) in [5, 5.41) is 4.18. The van der Waals surface area contributed by atoms with E-state index in [4.69, 9.17) is 0 Å². The van der Waals surface area contributed by atoms with E-state index in [0.717, 1.165) is 10.2 Å². The van der Waals surface area contributed by atoms with Crippen LogP contribution >= 0.6 is 15.9 Å². The highest BCUT2D eigenvalue weighted by Crippen LogP contribution is 2.18. The van der Waals surface area contributed by atoms with Crippen LogP contribution in [0.15, 0.2) is 41.1 Å². The van der Waals surface area contributed by atoms with Crippen LogP contribution in [-0.2, 0) is 0 Å². The van der Waals surface area contributed by atoms with Gasteiger partial charge in [-0.05, 0) is 30.7 Å². The molecule has 2 nitrogen and oxygen atoms in total. The number of aryl methyl sites for hydroxylation is 1. The average Bonchev–Trinajstić information content (AvgIpc) is 2.61. The van der Waals surface area contributed by atoms with E-state index in [1.165, 1.54) is 5.56 Å². The van der Waals surface area contributed by atoms with E-state index in [1.54, 1.807) is 6.20 Å². The Kier molecular flexibility index (Phi) is 2.19. The summed E-state index contributed by atoms with van der Waals surface area (Å²) in [4.78, 5) is 0. The second-order valence-corrected chi connectivity index (χ2v) is 3.80. The number of rotatable bonds is 1. The summed E-state index contributed by atoms with van der Waals surface area (Å²) in [6, 6.07) is 8.08. The fourth-order valence-electron chi connectivity index (χ4n) is 1.24. The predicted octanol–water partition coefficient (Wildman–Crippen LogP) is 2.94. The number of hydrogen-bond acceptors (Lipinski definition) is 1. The topological polar surface area (TPSA) is 17.8 Å². The van der Waals surface area contributed by atoms with E-state index in [1.807, 2.05) is 23.0 Å². The van der Waals surface area contributed by atoms with Crippen LogP contribution in [0.3, 0.4) is 0 Å². The van der Waals surface area contributed by atoms with Crippen molar-refractivity contribution in [2.75, 3.05) is 0 Å². The Morgan fingerprint density at radius 2 is 2.23 bits per heavy atom. The minimum absolute atomic E-state index is 1.07. The summed E-state index contributed by atoms with van der Waals surface area (Å²) < 4.78 is 2.93. The molecule has 0 amide bonds. The molecule has 0 aliphatic carbocycles. The number of aromatic nitrogens is 2. The van der Waals surface area contributed by atoms with Crippen molar-refractivity contribution >= 4 is 15.9 Å². The molecule has 66 valence electrons. The van der Waals surface area contributed by atoms with Crippen LogP contribution in [0, 0.1) is 6.92 Å². The Labute approximate surface area is 85.3 Å². The van der Waals surface area contributed by atoms with Crippen molar-refractivity contribution in [2.45, 2.75) is 6.92 Å². The zero-order valence-electron chi connectivity index (χ0n) is 7.24. The molecule has 0 spiro atoms. The lowest BCUT2D eigenvalue weighted by Crippen LogP contribution is -1.96. The molecule has 0 unspecified atom stereocenters. The van der Waals surface area contributed by atoms with Gasteiger partial charge in [-0.25, -0.2) is 4.68 Å². The lowest BCUT2D eigenvalue weighted by atomic mass is 10.2. The Hall–Kier alpha value is -1.09. The van der Waals surface area contributed by atoms with Crippen LogP contribution < -0.4 is 0 Å². The Balaban J connectivity index is 2.57. The van der Waals surface area contributed by atoms with E-state index in [-0.39, 0.29) is 0 Å². The van der Waals surface area contributed by atoms with E-state index in [9.17, 15) is 0 Å². The largest absolute Gasteiger partial charge is 0.241 e. The Morgan fingerprint density at radius 3 is 2.92 bits per heavy atom. The van der Waals surface area contributed by atoms with Gasteiger partial charge in [0.25, 0.3) is 0 Å². The van der Waals surface area contributed by atoms with Crippen molar-refractivity contribution in [1.29, 1.82) is 0 Å². The van der Waals surface area contributed by atoms with Gasteiger partial charge in [-0.1, -0.05) is 22.0 Å². The molecular formula is C10H9BrN2.